The highest BCUT2D eigenvalue weighted by molar-refractivity contribution is 5.81. The summed E-state index contributed by atoms with van der Waals surface area (Å²) in [5.74, 6) is 0.156. The summed E-state index contributed by atoms with van der Waals surface area (Å²) in [6.07, 6.45) is 3.00. The Balaban J connectivity index is 2.34. The van der Waals surface area contributed by atoms with Gasteiger partial charge in [0.15, 0.2) is 0 Å². The number of rotatable bonds is 5. The van der Waals surface area contributed by atoms with Gasteiger partial charge in [-0.15, -0.1) is 0 Å². The number of amides is 1. The minimum Gasteiger partial charge on any atom is -0.373 e. The molecule has 0 saturated carbocycles. The van der Waals surface area contributed by atoms with Gasteiger partial charge in [-0.1, -0.05) is 20.3 Å². The van der Waals surface area contributed by atoms with Crippen LogP contribution in [0.4, 0.5) is 0 Å². The highest BCUT2D eigenvalue weighted by Gasteiger charge is 2.31. The van der Waals surface area contributed by atoms with Crippen molar-refractivity contribution in [3.63, 3.8) is 0 Å². The lowest BCUT2D eigenvalue weighted by atomic mass is 9.98. The fourth-order valence-corrected chi connectivity index (χ4v) is 1.88. The maximum Gasteiger partial charge on any atom is 0.237 e. The van der Waals surface area contributed by atoms with Crippen molar-refractivity contribution in [1.29, 1.82) is 0 Å². The Bertz CT molecular complexity index is 237. The Morgan fingerprint density at radius 1 is 1.62 bits per heavy atom. The van der Waals surface area contributed by atoms with Gasteiger partial charge < -0.3 is 15.8 Å². The SMILES string of the molecule is CCC(C)C(N)C(=O)NCC1(C)CCCO1. The molecule has 3 N–H and O–H groups in total. The number of ether oxygens (including phenoxy) is 1. The van der Waals surface area contributed by atoms with E-state index in [1.807, 2.05) is 20.8 Å². The highest BCUT2D eigenvalue weighted by atomic mass is 16.5. The molecule has 4 heteroatoms. The summed E-state index contributed by atoms with van der Waals surface area (Å²) < 4.78 is 5.60. The smallest absolute Gasteiger partial charge is 0.237 e. The van der Waals surface area contributed by atoms with Crippen LogP contribution in [-0.4, -0.2) is 30.7 Å². The van der Waals surface area contributed by atoms with Crippen LogP contribution in [0.3, 0.4) is 0 Å². The Morgan fingerprint density at radius 2 is 2.31 bits per heavy atom. The minimum atomic E-state index is -0.407. The van der Waals surface area contributed by atoms with Crippen molar-refractivity contribution < 1.29 is 9.53 Å². The first-order valence-corrected chi connectivity index (χ1v) is 6.16. The van der Waals surface area contributed by atoms with Gasteiger partial charge in [0.1, 0.15) is 0 Å². The topological polar surface area (TPSA) is 64.4 Å². The zero-order chi connectivity index (χ0) is 12.2. The zero-order valence-electron chi connectivity index (χ0n) is 10.6. The van der Waals surface area contributed by atoms with E-state index in [4.69, 9.17) is 10.5 Å². The molecule has 1 amide bonds. The molecule has 4 nitrogen and oxygen atoms in total. The number of hydrogen-bond acceptors (Lipinski definition) is 3. The number of hydrogen-bond donors (Lipinski definition) is 2. The van der Waals surface area contributed by atoms with E-state index in [-0.39, 0.29) is 17.4 Å². The van der Waals surface area contributed by atoms with Crippen LogP contribution in [-0.2, 0) is 9.53 Å². The van der Waals surface area contributed by atoms with Crippen LogP contribution in [0.2, 0.25) is 0 Å². The molecule has 0 aromatic carbocycles. The molecule has 0 aromatic rings. The maximum absolute atomic E-state index is 11.8. The molecule has 0 bridgehead atoms. The van der Waals surface area contributed by atoms with Crippen LogP contribution in [0.25, 0.3) is 0 Å². The molecule has 1 saturated heterocycles. The molecule has 0 aromatic heterocycles. The number of nitrogens with two attached hydrogens (primary N) is 1. The minimum absolute atomic E-state index is 0.0638. The summed E-state index contributed by atoms with van der Waals surface area (Å²) >= 11 is 0. The Labute approximate surface area is 97.9 Å². The van der Waals surface area contributed by atoms with Gasteiger partial charge in [0.25, 0.3) is 0 Å². The quantitative estimate of drug-likeness (QED) is 0.739. The first-order chi connectivity index (χ1) is 7.48. The second kappa shape index (κ2) is 5.64. The van der Waals surface area contributed by atoms with Crippen LogP contribution in [0, 0.1) is 5.92 Å². The molecule has 0 radical (unpaired) electrons. The van der Waals surface area contributed by atoms with Gasteiger partial charge in [0, 0.05) is 13.2 Å². The van der Waals surface area contributed by atoms with Crippen LogP contribution in [0.5, 0.6) is 0 Å². The van der Waals surface area contributed by atoms with Crippen molar-refractivity contribution in [1.82, 2.24) is 5.32 Å². The molecule has 3 atom stereocenters. The summed E-state index contributed by atoms with van der Waals surface area (Å²) in [5, 5.41) is 2.89. The summed E-state index contributed by atoms with van der Waals surface area (Å²) in [6.45, 7) is 7.44. The van der Waals surface area contributed by atoms with Gasteiger partial charge in [-0.3, -0.25) is 4.79 Å². The standard InChI is InChI=1S/C12H24N2O2/c1-4-9(2)10(13)11(15)14-8-12(3)6-5-7-16-12/h9-10H,4-8,13H2,1-3H3,(H,14,15). The fraction of sp³-hybridized carbons (Fsp3) is 0.917. The molecule has 1 aliphatic rings. The molecule has 1 aliphatic heterocycles. The lowest BCUT2D eigenvalue weighted by molar-refractivity contribution is -0.124. The molecule has 1 rings (SSSR count). The first-order valence-electron chi connectivity index (χ1n) is 6.16. The molecular formula is C12H24N2O2. The van der Waals surface area contributed by atoms with Gasteiger partial charge in [0.05, 0.1) is 11.6 Å². The van der Waals surface area contributed by atoms with Crippen LogP contribution >= 0.6 is 0 Å². The Hall–Kier alpha value is -0.610. The van der Waals surface area contributed by atoms with E-state index >= 15 is 0 Å². The highest BCUT2D eigenvalue weighted by Crippen LogP contribution is 2.23. The predicted octanol–water partition coefficient (Wildman–Crippen LogP) is 1.05. The van der Waals surface area contributed by atoms with Crippen molar-refractivity contribution in [3.05, 3.63) is 0 Å². The first kappa shape index (κ1) is 13.5. The fourth-order valence-electron chi connectivity index (χ4n) is 1.88. The van der Waals surface area contributed by atoms with E-state index in [2.05, 4.69) is 5.32 Å². The molecular weight excluding hydrogens is 204 g/mol. The van der Waals surface area contributed by atoms with Gasteiger partial charge in [-0.25, -0.2) is 0 Å². The average Bonchev–Trinajstić information content (AvgIpc) is 2.71. The third-order valence-corrected chi connectivity index (χ3v) is 3.50. The van der Waals surface area contributed by atoms with Crippen molar-refractivity contribution in [2.45, 2.75) is 51.7 Å². The Kier molecular flexibility index (Phi) is 4.74. The molecule has 1 fully saturated rings. The van der Waals surface area contributed by atoms with Gasteiger partial charge in [0.2, 0.25) is 5.91 Å². The van der Waals surface area contributed by atoms with Gasteiger partial charge >= 0.3 is 0 Å². The summed E-state index contributed by atoms with van der Waals surface area (Å²) in [4.78, 5) is 11.8. The second-order valence-electron chi connectivity index (χ2n) is 5.03. The number of nitrogens with one attached hydrogen (secondary N) is 1. The maximum atomic E-state index is 11.8. The van der Waals surface area contributed by atoms with Crippen molar-refractivity contribution in [3.8, 4) is 0 Å². The second-order valence-corrected chi connectivity index (χ2v) is 5.03. The van der Waals surface area contributed by atoms with E-state index in [0.717, 1.165) is 25.9 Å². The monoisotopic (exact) mass is 228 g/mol. The van der Waals surface area contributed by atoms with Gasteiger partial charge in [-0.05, 0) is 25.7 Å². The van der Waals surface area contributed by atoms with Crippen LogP contribution in [0.15, 0.2) is 0 Å². The normalized spacial score (nSPS) is 28.8. The molecule has 3 unspecified atom stereocenters. The van der Waals surface area contributed by atoms with Crippen molar-refractivity contribution in [2.24, 2.45) is 11.7 Å². The van der Waals surface area contributed by atoms with E-state index in [0.29, 0.717) is 6.54 Å². The molecule has 16 heavy (non-hydrogen) atoms. The van der Waals surface area contributed by atoms with Crippen molar-refractivity contribution >= 4 is 5.91 Å². The zero-order valence-corrected chi connectivity index (χ0v) is 10.6. The van der Waals surface area contributed by atoms with E-state index < -0.39 is 6.04 Å². The summed E-state index contributed by atoms with van der Waals surface area (Å²) in [5.41, 5.74) is 5.66. The summed E-state index contributed by atoms with van der Waals surface area (Å²) in [6, 6.07) is -0.407. The van der Waals surface area contributed by atoms with Crippen LogP contribution < -0.4 is 11.1 Å². The van der Waals surface area contributed by atoms with Crippen LogP contribution in [0.1, 0.15) is 40.0 Å². The van der Waals surface area contributed by atoms with Gasteiger partial charge in [-0.2, -0.15) is 0 Å². The molecule has 1 heterocycles. The third-order valence-electron chi connectivity index (χ3n) is 3.50. The van der Waals surface area contributed by atoms with E-state index in [1.165, 1.54) is 0 Å². The summed E-state index contributed by atoms with van der Waals surface area (Å²) in [7, 11) is 0. The third kappa shape index (κ3) is 3.46. The molecule has 94 valence electrons. The van der Waals surface area contributed by atoms with Crippen molar-refractivity contribution in [2.75, 3.05) is 13.2 Å². The molecule has 0 spiro atoms. The average molecular weight is 228 g/mol. The number of carbonyl (C=O) groups excluding carboxylic acids is 1. The number of carbonyl (C=O) groups is 1. The lowest BCUT2D eigenvalue weighted by Crippen LogP contribution is -2.49. The Morgan fingerprint density at radius 3 is 2.81 bits per heavy atom. The van der Waals surface area contributed by atoms with E-state index in [1.54, 1.807) is 0 Å². The lowest BCUT2D eigenvalue weighted by Gasteiger charge is -2.25. The molecule has 0 aliphatic carbocycles. The largest absolute Gasteiger partial charge is 0.373 e. The predicted molar refractivity (Wildman–Crippen MR) is 64.0 cm³/mol. The van der Waals surface area contributed by atoms with E-state index in [9.17, 15) is 4.79 Å².